The van der Waals surface area contributed by atoms with Crippen molar-refractivity contribution in [3.63, 3.8) is 0 Å². The lowest BCUT2D eigenvalue weighted by molar-refractivity contribution is 0.0503. The summed E-state index contributed by atoms with van der Waals surface area (Å²) in [5, 5.41) is 9.60. The summed E-state index contributed by atoms with van der Waals surface area (Å²) < 4.78 is 7.06. The first-order valence-corrected chi connectivity index (χ1v) is 9.13. The number of unbranched alkanes of at least 4 members (excludes halogenated alkanes) is 1. The van der Waals surface area contributed by atoms with Crippen LogP contribution >= 0.6 is 0 Å². The maximum absolute atomic E-state index is 12.8. The molecule has 4 aromatic rings. The number of anilines is 1. The van der Waals surface area contributed by atoms with Crippen LogP contribution in [0.15, 0.2) is 48.5 Å². The summed E-state index contributed by atoms with van der Waals surface area (Å²) in [7, 11) is 0. The Kier molecular flexibility index (Phi) is 4.57. The van der Waals surface area contributed by atoms with Gasteiger partial charge in [-0.1, -0.05) is 25.5 Å². The quantitative estimate of drug-likeness (QED) is 0.405. The predicted octanol–water partition coefficient (Wildman–Crippen LogP) is 3.82. The lowest BCUT2D eigenvalue weighted by Gasteiger charge is -2.08. The Morgan fingerprint density at radius 1 is 1.11 bits per heavy atom. The van der Waals surface area contributed by atoms with E-state index < -0.39 is 5.97 Å². The third-order valence-electron chi connectivity index (χ3n) is 4.54. The lowest BCUT2D eigenvalue weighted by atomic mass is 10.2. The van der Waals surface area contributed by atoms with Crippen molar-refractivity contribution < 1.29 is 14.6 Å². The second kappa shape index (κ2) is 7.19. The number of aromatic nitrogens is 3. The second-order valence-electron chi connectivity index (χ2n) is 6.49. The van der Waals surface area contributed by atoms with Gasteiger partial charge in [0, 0.05) is 5.69 Å². The molecule has 0 atom stereocenters. The Balaban J connectivity index is 1.97. The van der Waals surface area contributed by atoms with Crippen LogP contribution in [0.3, 0.4) is 0 Å². The summed E-state index contributed by atoms with van der Waals surface area (Å²) >= 11 is 0. The van der Waals surface area contributed by atoms with Gasteiger partial charge in [-0.2, -0.15) is 0 Å². The summed E-state index contributed by atoms with van der Waals surface area (Å²) in [6.45, 7) is 2.35. The van der Waals surface area contributed by atoms with Crippen LogP contribution in [0.5, 0.6) is 5.75 Å². The number of phenols is 1. The highest BCUT2D eigenvalue weighted by atomic mass is 16.5. The molecule has 28 heavy (non-hydrogen) atoms. The Labute approximate surface area is 161 Å². The van der Waals surface area contributed by atoms with Gasteiger partial charge in [0.25, 0.3) is 0 Å². The number of nitrogens with two attached hydrogens (primary N) is 1. The van der Waals surface area contributed by atoms with Gasteiger partial charge in [0.05, 0.1) is 17.6 Å². The number of fused-ring (bicyclic) bond motifs is 2. The van der Waals surface area contributed by atoms with E-state index in [1.807, 2.05) is 31.2 Å². The van der Waals surface area contributed by atoms with Crippen molar-refractivity contribution in [3.05, 3.63) is 54.1 Å². The number of para-hydroxylation sites is 2. The normalized spacial score (nSPS) is 11.2. The molecule has 7 nitrogen and oxygen atoms in total. The number of hydrogen-bond acceptors (Lipinski definition) is 6. The molecule has 7 heteroatoms. The van der Waals surface area contributed by atoms with Gasteiger partial charge in [-0.05, 0) is 42.8 Å². The first-order valence-electron chi connectivity index (χ1n) is 9.13. The molecule has 0 aliphatic heterocycles. The molecule has 0 aliphatic carbocycles. The number of benzene rings is 2. The van der Waals surface area contributed by atoms with Gasteiger partial charge in [-0.25, -0.2) is 14.8 Å². The third-order valence-corrected chi connectivity index (χ3v) is 4.54. The van der Waals surface area contributed by atoms with Crippen molar-refractivity contribution in [1.29, 1.82) is 0 Å². The van der Waals surface area contributed by atoms with E-state index in [1.165, 1.54) is 0 Å². The Morgan fingerprint density at radius 3 is 2.46 bits per heavy atom. The number of phenolic OH excluding ortho intramolecular Hbond substituents is 1. The molecule has 2 aromatic carbocycles. The molecule has 3 N–H and O–H groups in total. The highest BCUT2D eigenvalue weighted by Crippen LogP contribution is 2.32. The van der Waals surface area contributed by atoms with Crippen LogP contribution in [0.1, 0.15) is 30.1 Å². The van der Waals surface area contributed by atoms with E-state index in [0.717, 1.165) is 12.8 Å². The van der Waals surface area contributed by atoms with Crippen molar-refractivity contribution in [3.8, 4) is 11.4 Å². The zero-order valence-electron chi connectivity index (χ0n) is 15.4. The Morgan fingerprint density at radius 2 is 1.79 bits per heavy atom. The molecule has 0 saturated carbocycles. The number of aromatic hydroxyl groups is 1. The molecule has 0 fully saturated rings. The predicted molar refractivity (Wildman–Crippen MR) is 108 cm³/mol. The van der Waals surface area contributed by atoms with Crippen LogP contribution in [-0.4, -0.2) is 32.2 Å². The summed E-state index contributed by atoms with van der Waals surface area (Å²) in [5.41, 5.74) is 9.46. The maximum atomic E-state index is 12.8. The fourth-order valence-electron chi connectivity index (χ4n) is 3.11. The van der Waals surface area contributed by atoms with Crippen LogP contribution in [0.2, 0.25) is 0 Å². The van der Waals surface area contributed by atoms with Crippen molar-refractivity contribution in [2.75, 3.05) is 12.3 Å². The van der Waals surface area contributed by atoms with E-state index in [2.05, 4.69) is 9.97 Å². The molecule has 4 rings (SSSR count). The van der Waals surface area contributed by atoms with Gasteiger partial charge in [-0.3, -0.25) is 4.57 Å². The smallest absolute Gasteiger partial charge is 0.344 e. The minimum Gasteiger partial charge on any atom is -0.508 e. The molecule has 0 radical (unpaired) electrons. The average Bonchev–Trinajstić information content (AvgIpc) is 2.98. The van der Waals surface area contributed by atoms with Gasteiger partial charge in [0.15, 0.2) is 5.65 Å². The van der Waals surface area contributed by atoms with Crippen molar-refractivity contribution in [1.82, 2.24) is 14.5 Å². The second-order valence-corrected chi connectivity index (χ2v) is 6.49. The minimum atomic E-state index is -0.516. The van der Waals surface area contributed by atoms with Crippen LogP contribution < -0.4 is 5.73 Å². The van der Waals surface area contributed by atoms with Gasteiger partial charge >= 0.3 is 5.97 Å². The van der Waals surface area contributed by atoms with Crippen LogP contribution in [-0.2, 0) is 4.74 Å². The van der Waals surface area contributed by atoms with E-state index >= 15 is 0 Å². The lowest BCUT2D eigenvalue weighted by Crippen LogP contribution is -2.10. The molecule has 0 amide bonds. The maximum Gasteiger partial charge on any atom is 0.344 e. The van der Waals surface area contributed by atoms with Crippen LogP contribution in [0.4, 0.5) is 5.82 Å². The minimum absolute atomic E-state index is 0.134. The Bertz CT molecular complexity index is 1170. The fraction of sp³-hybridized carbons (Fsp3) is 0.190. The van der Waals surface area contributed by atoms with Gasteiger partial charge in [-0.15, -0.1) is 0 Å². The number of esters is 1. The number of hydrogen-bond donors (Lipinski definition) is 2. The van der Waals surface area contributed by atoms with Crippen LogP contribution in [0.25, 0.3) is 27.9 Å². The van der Waals surface area contributed by atoms with Gasteiger partial charge in [0.2, 0.25) is 0 Å². The van der Waals surface area contributed by atoms with E-state index in [4.69, 9.17) is 10.5 Å². The van der Waals surface area contributed by atoms with Gasteiger partial charge < -0.3 is 15.6 Å². The molecule has 142 valence electrons. The molecular formula is C21H20N4O3. The molecule has 2 heterocycles. The number of carbonyl (C=O) groups excluding carboxylic acids is 1. The monoisotopic (exact) mass is 376 g/mol. The standard InChI is InChI=1S/C21H20N4O3/c1-2-3-12-28-21(27)17-18-20(24-16-7-5-4-6-15(16)23-18)25(19(17)22)13-8-10-14(26)11-9-13/h4-11,26H,2-3,12,22H2,1H3. The van der Waals surface area contributed by atoms with Crippen molar-refractivity contribution >= 4 is 34.0 Å². The van der Waals surface area contributed by atoms with Crippen molar-refractivity contribution in [2.24, 2.45) is 0 Å². The van der Waals surface area contributed by atoms with Crippen molar-refractivity contribution in [2.45, 2.75) is 19.8 Å². The number of nitrogens with zero attached hydrogens (tertiary/aromatic N) is 3. The molecule has 0 bridgehead atoms. The van der Waals surface area contributed by atoms with Crippen LogP contribution in [0, 0.1) is 0 Å². The molecule has 2 aromatic heterocycles. The van der Waals surface area contributed by atoms with E-state index in [1.54, 1.807) is 28.8 Å². The average molecular weight is 376 g/mol. The van der Waals surface area contributed by atoms with Gasteiger partial charge in [0.1, 0.15) is 22.6 Å². The fourth-order valence-corrected chi connectivity index (χ4v) is 3.11. The summed E-state index contributed by atoms with van der Waals surface area (Å²) in [4.78, 5) is 22.1. The first kappa shape index (κ1) is 17.8. The van der Waals surface area contributed by atoms with E-state index in [9.17, 15) is 9.90 Å². The number of ether oxygens (including phenoxy) is 1. The highest BCUT2D eigenvalue weighted by molar-refractivity contribution is 6.09. The molecule has 0 aliphatic rings. The number of carbonyl (C=O) groups is 1. The zero-order valence-corrected chi connectivity index (χ0v) is 15.4. The molecule has 0 saturated heterocycles. The third kappa shape index (κ3) is 3.00. The van der Waals surface area contributed by atoms with E-state index in [0.29, 0.717) is 34.5 Å². The van der Waals surface area contributed by atoms with E-state index in [-0.39, 0.29) is 17.1 Å². The molecule has 0 unspecified atom stereocenters. The SMILES string of the molecule is CCCCOC(=O)c1c(N)n(-c2ccc(O)cc2)c2nc3ccccc3nc12. The summed E-state index contributed by atoms with van der Waals surface area (Å²) in [6, 6.07) is 13.9. The summed E-state index contributed by atoms with van der Waals surface area (Å²) in [5.74, 6) is -0.176. The molecule has 0 spiro atoms. The first-order chi connectivity index (χ1) is 13.6. The summed E-state index contributed by atoms with van der Waals surface area (Å²) in [6.07, 6.45) is 1.69. The molecular weight excluding hydrogens is 356 g/mol. The largest absolute Gasteiger partial charge is 0.508 e. The topological polar surface area (TPSA) is 103 Å². The highest BCUT2D eigenvalue weighted by Gasteiger charge is 2.25. The Hall–Kier alpha value is -3.61. The number of nitrogen functional groups attached to an aromatic ring is 1. The number of rotatable bonds is 5. The zero-order chi connectivity index (χ0) is 19.7.